The Balaban J connectivity index is 0.000000405. The van der Waals surface area contributed by atoms with Crippen molar-refractivity contribution in [1.82, 2.24) is 10.3 Å². The van der Waals surface area contributed by atoms with Gasteiger partial charge in [0.1, 0.15) is 0 Å². The van der Waals surface area contributed by atoms with E-state index in [1.165, 1.54) is 10.6 Å². The Hall–Kier alpha value is 0.170. The first-order valence-electron chi connectivity index (χ1n) is 2.59. The van der Waals surface area contributed by atoms with E-state index in [0.29, 0.717) is 0 Å². The molecular formula is C5H8Cl2N2S. The van der Waals surface area contributed by atoms with Gasteiger partial charge in [0.05, 0.1) is 11.2 Å². The molecule has 0 aromatic carbocycles. The van der Waals surface area contributed by atoms with Crippen molar-refractivity contribution in [3.05, 3.63) is 16.1 Å². The molecule has 1 aliphatic rings. The molecule has 1 N–H and O–H groups in total. The highest BCUT2D eigenvalue weighted by atomic mass is 35.5. The van der Waals surface area contributed by atoms with E-state index in [1.54, 1.807) is 11.3 Å². The van der Waals surface area contributed by atoms with Gasteiger partial charge in [0, 0.05) is 18.0 Å². The Labute approximate surface area is 75.9 Å². The minimum Gasteiger partial charge on any atom is -0.306 e. The van der Waals surface area contributed by atoms with Crippen LogP contribution in [0.3, 0.4) is 0 Å². The van der Waals surface area contributed by atoms with Crippen LogP contribution in [0.25, 0.3) is 0 Å². The first kappa shape index (κ1) is 10.2. The van der Waals surface area contributed by atoms with Crippen LogP contribution in [0.5, 0.6) is 0 Å². The first-order valence-corrected chi connectivity index (χ1v) is 3.47. The summed E-state index contributed by atoms with van der Waals surface area (Å²) in [6.07, 6.45) is 0. The number of hydrogen-bond donors (Lipinski definition) is 1. The zero-order valence-electron chi connectivity index (χ0n) is 5.16. The number of rotatable bonds is 0. The summed E-state index contributed by atoms with van der Waals surface area (Å²) >= 11 is 1.74. The second-order valence-electron chi connectivity index (χ2n) is 1.83. The molecule has 0 saturated heterocycles. The van der Waals surface area contributed by atoms with Crippen molar-refractivity contribution < 1.29 is 0 Å². The lowest BCUT2D eigenvalue weighted by molar-refractivity contribution is 0.758. The van der Waals surface area contributed by atoms with Crippen LogP contribution in [0.4, 0.5) is 0 Å². The molecule has 2 heterocycles. The van der Waals surface area contributed by atoms with Gasteiger partial charge in [0.2, 0.25) is 0 Å². The van der Waals surface area contributed by atoms with E-state index in [2.05, 4.69) is 10.3 Å². The molecule has 5 heteroatoms. The number of nitrogens with one attached hydrogen (secondary N) is 1. The highest BCUT2D eigenvalue weighted by molar-refractivity contribution is 7.09. The molecule has 0 radical (unpaired) electrons. The van der Waals surface area contributed by atoms with Crippen LogP contribution in [-0.4, -0.2) is 4.98 Å². The predicted octanol–water partition coefficient (Wildman–Crippen LogP) is 1.59. The summed E-state index contributed by atoms with van der Waals surface area (Å²) in [5.74, 6) is 0. The van der Waals surface area contributed by atoms with Gasteiger partial charge in [-0.1, -0.05) is 0 Å². The van der Waals surface area contributed by atoms with Crippen molar-refractivity contribution in [1.29, 1.82) is 0 Å². The Bertz CT molecular complexity index is 183. The summed E-state index contributed by atoms with van der Waals surface area (Å²) < 4.78 is 0. The van der Waals surface area contributed by atoms with Crippen LogP contribution in [0.15, 0.2) is 5.51 Å². The topological polar surface area (TPSA) is 24.9 Å². The molecule has 0 atom stereocenters. The molecule has 0 bridgehead atoms. The fourth-order valence-corrected chi connectivity index (χ4v) is 1.63. The Morgan fingerprint density at radius 2 is 2.20 bits per heavy atom. The van der Waals surface area contributed by atoms with Gasteiger partial charge in [0.15, 0.2) is 0 Å². The molecule has 0 amide bonds. The fraction of sp³-hybridized carbons (Fsp3) is 0.400. The number of hydrogen-bond acceptors (Lipinski definition) is 3. The van der Waals surface area contributed by atoms with Crippen molar-refractivity contribution in [2.45, 2.75) is 13.1 Å². The minimum absolute atomic E-state index is 0. The third-order valence-electron chi connectivity index (χ3n) is 1.30. The molecule has 1 aromatic rings. The lowest BCUT2D eigenvalue weighted by Crippen LogP contribution is -2.00. The van der Waals surface area contributed by atoms with Gasteiger partial charge in [0.25, 0.3) is 0 Å². The molecule has 1 aliphatic heterocycles. The maximum atomic E-state index is 4.15. The van der Waals surface area contributed by atoms with Gasteiger partial charge in [-0.05, 0) is 0 Å². The fourth-order valence-electron chi connectivity index (χ4n) is 0.876. The van der Waals surface area contributed by atoms with Gasteiger partial charge in [-0.3, -0.25) is 0 Å². The molecule has 2 nitrogen and oxygen atoms in total. The van der Waals surface area contributed by atoms with E-state index in [1.807, 2.05) is 5.51 Å². The molecule has 0 spiro atoms. The molecular weight excluding hydrogens is 191 g/mol. The summed E-state index contributed by atoms with van der Waals surface area (Å²) in [4.78, 5) is 5.56. The summed E-state index contributed by atoms with van der Waals surface area (Å²) in [5, 5.41) is 3.22. The van der Waals surface area contributed by atoms with Crippen LogP contribution in [0.2, 0.25) is 0 Å². The normalized spacial score (nSPS) is 13.2. The SMILES string of the molecule is Cl.Cl.c1nc2c(s1)CNC2. The number of thiazole rings is 1. The number of nitrogens with zero attached hydrogens (tertiary/aromatic N) is 1. The summed E-state index contributed by atoms with van der Waals surface area (Å²) in [6.45, 7) is 2.00. The average molecular weight is 199 g/mol. The lowest BCUT2D eigenvalue weighted by atomic mass is 10.4. The van der Waals surface area contributed by atoms with E-state index >= 15 is 0 Å². The van der Waals surface area contributed by atoms with Crippen LogP contribution in [0.1, 0.15) is 10.6 Å². The second kappa shape index (κ2) is 4.13. The van der Waals surface area contributed by atoms with E-state index in [-0.39, 0.29) is 24.8 Å². The van der Waals surface area contributed by atoms with Crippen molar-refractivity contribution in [2.75, 3.05) is 0 Å². The third-order valence-corrected chi connectivity index (χ3v) is 2.18. The molecule has 1 aromatic heterocycles. The van der Waals surface area contributed by atoms with Gasteiger partial charge < -0.3 is 5.32 Å². The minimum atomic E-state index is 0. The molecule has 2 rings (SSSR count). The maximum absolute atomic E-state index is 4.15. The zero-order chi connectivity index (χ0) is 5.40. The van der Waals surface area contributed by atoms with Crippen LogP contribution in [0, 0.1) is 0 Å². The third kappa shape index (κ3) is 1.61. The highest BCUT2D eigenvalue weighted by Gasteiger charge is 2.10. The van der Waals surface area contributed by atoms with Crippen LogP contribution < -0.4 is 5.32 Å². The van der Waals surface area contributed by atoms with E-state index in [9.17, 15) is 0 Å². The molecule has 58 valence electrons. The Morgan fingerprint density at radius 3 is 2.90 bits per heavy atom. The predicted molar refractivity (Wildman–Crippen MR) is 47.2 cm³/mol. The molecule has 0 aliphatic carbocycles. The molecule has 0 unspecified atom stereocenters. The van der Waals surface area contributed by atoms with Gasteiger partial charge in [-0.2, -0.15) is 0 Å². The van der Waals surface area contributed by atoms with Gasteiger partial charge >= 0.3 is 0 Å². The molecule has 10 heavy (non-hydrogen) atoms. The van der Waals surface area contributed by atoms with Crippen molar-refractivity contribution in [3.8, 4) is 0 Å². The number of fused-ring (bicyclic) bond motifs is 1. The smallest absolute Gasteiger partial charge is 0.0798 e. The van der Waals surface area contributed by atoms with E-state index in [0.717, 1.165) is 13.1 Å². The molecule has 0 saturated carbocycles. The summed E-state index contributed by atoms with van der Waals surface area (Å²) in [7, 11) is 0. The van der Waals surface area contributed by atoms with Gasteiger partial charge in [-0.15, -0.1) is 36.2 Å². The average Bonchev–Trinajstić information content (AvgIpc) is 2.15. The van der Waals surface area contributed by atoms with Crippen LogP contribution in [-0.2, 0) is 13.1 Å². The standard InChI is InChI=1S/C5H6N2S.2ClH/c1-4-5(2-6-1)8-3-7-4;;/h3,6H,1-2H2;2*1H. The van der Waals surface area contributed by atoms with Gasteiger partial charge in [-0.25, -0.2) is 4.98 Å². The van der Waals surface area contributed by atoms with Crippen molar-refractivity contribution >= 4 is 36.2 Å². The Kier molecular flexibility index (Phi) is 4.20. The quantitative estimate of drug-likeness (QED) is 0.686. The van der Waals surface area contributed by atoms with Crippen molar-refractivity contribution in [3.63, 3.8) is 0 Å². The largest absolute Gasteiger partial charge is 0.306 e. The van der Waals surface area contributed by atoms with E-state index < -0.39 is 0 Å². The lowest BCUT2D eigenvalue weighted by Gasteiger charge is -1.81. The maximum Gasteiger partial charge on any atom is 0.0798 e. The van der Waals surface area contributed by atoms with Crippen molar-refractivity contribution in [2.24, 2.45) is 0 Å². The van der Waals surface area contributed by atoms with Crippen LogP contribution >= 0.6 is 36.2 Å². The molecule has 0 fully saturated rings. The number of halogens is 2. The summed E-state index contributed by atoms with van der Waals surface area (Å²) in [6, 6.07) is 0. The first-order chi connectivity index (χ1) is 3.97. The highest BCUT2D eigenvalue weighted by Crippen LogP contribution is 2.16. The zero-order valence-corrected chi connectivity index (χ0v) is 7.61. The monoisotopic (exact) mass is 198 g/mol. The second-order valence-corrected chi connectivity index (χ2v) is 2.77. The Morgan fingerprint density at radius 1 is 1.40 bits per heavy atom. The number of aromatic nitrogens is 1. The summed E-state index contributed by atoms with van der Waals surface area (Å²) in [5.41, 5.74) is 3.15. The van der Waals surface area contributed by atoms with E-state index in [4.69, 9.17) is 0 Å².